The quantitative estimate of drug-likeness (QED) is 0.794. The Balaban J connectivity index is 1.44. The van der Waals surface area contributed by atoms with E-state index in [2.05, 4.69) is 21.2 Å². The van der Waals surface area contributed by atoms with Crippen LogP contribution in [0, 0.1) is 23.7 Å². The number of halogens is 1. The Labute approximate surface area is 118 Å². The van der Waals surface area contributed by atoms with E-state index in [1.165, 1.54) is 51.4 Å². The summed E-state index contributed by atoms with van der Waals surface area (Å²) in [7, 11) is 0. The van der Waals surface area contributed by atoms with Crippen molar-refractivity contribution in [2.24, 2.45) is 23.7 Å². The molecule has 0 aliphatic heterocycles. The first-order valence-electron chi connectivity index (χ1n) is 7.69. The molecule has 0 radical (unpaired) electrons. The summed E-state index contributed by atoms with van der Waals surface area (Å²) in [5.41, 5.74) is 0. The fourth-order valence-electron chi connectivity index (χ4n) is 4.12. The van der Waals surface area contributed by atoms with E-state index in [9.17, 15) is 4.79 Å². The standard InChI is InChI=1S/C15H24BrNO/c16-13-8-4-1-5-10(13)9-17-15(18)14-11-6-2-3-7-12(11)14/h10-14H,1-9H2,(H,17,18). The number of hydrogen-bond donors (Lipinski definition) is 1. The van der Waals surface area contributed by atoms with Crippen molar-refractivity contribution < 1.29 is 4.79 Å². The summed E-state index contributed by atoms with van der Waals surface area (Å²) in [6.45, 7) is 0.894. The molecule has 4 atom stereocenters. The van der Waals surface area contributed by atoms with Gasteiger partial charge in [-0.15, -0.1) is 0 Å². The van der Waals surface area contributed by atoms with Crippen LogP contribution in [0.2, 0.25) is 0 Å². The molecule has 3 rings (SSSR count). The third kappa shape index (κ3) is 2.61. The van der Waals surface area contributed by atoms with E-state index in [1.807, 2.05) is 0 Å². The SMILES string of the molecule is O=C(NCC1CCCCC1Br)C1C2CCCCC21. The van der Waals surface area contributed by atoms with E-state index < -0.39 is 0 Å². The zero-order valence-electron chi connectivity index (χ0n) is 11.0. The topological polar surface area (TPSA) is 29.1 Å². The number of amides is 1. The maximum atomic E-state index is 12.2. The van der Waals surface area contributed by atoms with Crippen molar-refractivity contribution >= 4 is 21.8 Å². The van der Waals surface area contributed by atoms with E-state index in [1.54, 1.807) is 0 Å². The zero-order valence-corrected chi connectivity index (χ0v) is 12.6. The highest BCUT2D eigenvalue weighted by atomic mass is 79.9. The monoisotopic (exact) mass is 313 g/mol. The molecule has 0 spiro atoms. The zero-order chi connectivity index (χ0) is 12.5. The molecule has 3 saturated carbocycles. The van der Waals surface area contributed by atoms with Gasteiger partial charge >= 0.3 is 0 Å². The Bertz CT molecular complexity index is 308. The maximum absolute atomic E-state index is 12.2. The highest BCUT2D eigenvalue weighted by molar-refractivity contribution is 9.09. The second-order valence-electron chi connectivity index (χ2n) is 6.44. The van der Waals surface area contributed by atoms with Crippen LogP contribution < -0.4 is 5.32 Å². The van der Waals surface area contributed by atoms with Crippen LogP contribution in [0.4, 0.5) is 0 Å². The molecule has 3 heteroatoms. The Morgan fingerprint density at radius 1 is 1.00 bits per heavy atom. The van der Waals surface area contributed by atoms with Crippen LogP contribution in [0.3, 0.4) is 0 Å². The van der Waals surface area contributed by atoms with E-state index in [0.29, 0.717) is 22.6 Å². The molecule has 102 valence electrons. The average Bonchev–Trinajstić information content (AvgIpc) is 3.12. The van der Waals surface area contributed by atoms with Gasteiger partial charge in [-0.3, -0.25) is 4.79 Å². The highest BCUT2D eigenvalue weighted by Crippen LogP contribution is 2.55. The van der Waals surface area contributed by atoms with Gasteiger partial charge in [0.2, 0.25) is 5.91 Å². The number of alkyl halides is 1. The molecule has 0 bridgehead atoms. The van der Waals surface area contributed by atoms with E-state index in [4.69, 9.17) is 0 Å². The fraction of sp³-hybridized carbons (Fsp3) is 0.933. The lowest BCUT2D eigenvalue weighted by Crippen LogP contribution is -2.35. The lowest BCUT2D eigenvalue weighted by Gasteiger charge is -2.27. The van der Waals surface area contributed by atoms with Gasteiger partial charge in [-0.05, 0) is 43.4 Å². The Morgan fingerprint density at radius 3 is 2.28 bits per heavy atom. The predicted molar refractivity (Wildman–Crippen MR) is 76.6 cm³/mol. The Morgan fingerprint density at radius 2 is 1.61 bits per heavy atom. The van der Waals surface area contributed by atoms with Crippen molar-refractivity contribution in [1.29, 1.82) is 0 Å². The molecule has 0 heterocycles. The number of nitrogens with one attached hydrogen (secondary N) is 1. The number of carbonyl (C=O) groups is 1. The summed E-state index contributed by atoms with van der Waals surface area (Å²) in [4.78, 5) is 12.8. The van der Waals surface area contributed by atoms with Gasteiger partial charge < -0.3 is 5.32 Å². The van der Waals surface area contributed by atoms with Gasteiger partial charge in [-0.25, -0.2) is 0 Å². The van der Waals surface area contributed by atoms with Crippen LogP contribution in [0.5, 0.6) is 0 Å². The number of carbonyl (C=O) groups excluding carboxylic acids is 1. The Hall–Kier alpha value is -0.0500. The molecule has 2 nitrogen and oxygen atoms in total. The summed E-state index contributed by atoms with van der Waals surface area (Å²) in [5, 5.41) is 3.23. The average molecular weight is 314 g/mol. The number of hydrogen-bond acceptors (Lipinski definition) is 1. The third-order valence-corrected chi connectivity index (χ3v) is 6.52. The van der Waals surface area contributed by atoms with Gasteiger partial charge in [0.05, 0.1) is 0 Å². The van der Waals surface area contributed by atoms with Crippen LogP contribution in [0.1, 0.15) is 51.4 Å². The molecular weight excluding hydrogens is 290 g/mol. The molecule has 3 aliphatic carbocycles. The summed E-state index contributed by atoms with van der Waals surface area (Å²) < 4.78 is 0. The van der Waals surface area contributed by atoms with Gasteiger partial charge in [0, 0.05) is 17.3 Å². The van der Waals surface area contributed by atoms with Crippen LogP contribution in [0.15, 0.2) is 0 Å². The lowest BCUT2D eigenvalue weighted by atomic mass is 9.89. The van der Waals surface area contributed by atoms with Crippen LogP contribution in [-0.4, -0.2) is 17.3 Å². The molecule has 0 aromatic carbocycles. The normalized spacial score (nSPS) is 43.1. The molecule has 4 unspecified atom stereocenters. The van der Waals surface area contributed by atoms with Crippen LogP contribution in [0.25, 0.3) is 0 Å². The minimum Gasteiger partial charge on any atom is -0.356 e. The van der Waals surface area contributed by atoms with Crippen molar-refractivity contribution in [2.45, 2.75) is 56.2 Å². The van der Waals surface area contributed by atoms with Gasteiger partial charge in [-0.2, -0.15) is 0 Å². The minimum atomic E-state index is 0.358. The van der Waals surface area contributed by atoms with Crippen molar-refractivity contribution in [1.82, 2.24) is 5.32 Å². The molecule has 18 heavy (non-hydrogen) atoms. The van der Waals surface area contributed by atoms with Crippen molar-refractivity contribution in [3.05, 3.63) is 0 Å². The first-order chi connectivity index (χ1) is 8.77. The van der Waals surface area contributed by atoms with Gasteiger partial charge in [0.15, 0.2) is 0 Å². The highest BCUT2D eigenvalue weighted by Gasteiger charge is 2.54. The molecule has 3 fully saturated rings. The second kappa shape index (κ2) is 5.52. The smallest absolute Gasteiger partial charge is 0.223 e. The van der Waals surface area contributed by atoms with Crippen LogP contribution in [-0.2, 0) is 4.79 Å². The number of rotatable bonds is 3. The second-order valence-corrected chi connectivity index (χ2v) is 7.62. The third-order valence-electron chi connectivity index (χ3n) is 5.31. The first kappa shape index (κ1) is 13.0. The molecular formula is C15H24BrNO. The number of fused-ring (bicyclic) bond motifs is 1. The lowest BCUT2D eigenvalue weighted by molar-refractivity contribution is -0.123. The molecule has 3 aliphatic rings. The van der Waals surface area contributed by atoms with Crippen molar-refractivity contribution in [3.63, 3.8) is 0 Å². The van der Waals surface area contributed by atoms with Gasteiger partial charge in [0.1, 0.15) is 0 Å². The van der Waals surface area contributed by atoms with Gasteiger partial charge in [-0.1, -0.05) is 41.6 Å². The molecule has 0 saturated heterocycles. The summed E-state index contributed by atoms with van der Waals surface area (Å²) in [5.74, 6) is 2.88. The van der Waals surface area contributed by atoms with E-state index in [0.717, 1.165) is 18.4 Å². The molecule has 0 aromatic heterocycles. The minimum absolute atomic E-state index is 0.358. The maximum Gasteiger partial charge on any atom is 0.223 e. The summed E-state index contributed by atoms with van der Waals surface area (Å²) in [6.07, 6.45) is 10.5. The Kier molecular flexibility index (Phi) is 3.97. The largest absolute Gasteiger partial charge is 0.356 e. The van der Waals surface area contributed by atoms with E-state index >= 15 is 0 Å². The van der Waals surface area contributed by atoms with Gasteiger partial charge in [0.25, 0.3) is 0 Å². The van der Waals surface area contributed by atoms with E-state index in [-0.39, 0.29) is 0 Å². The van der Waals surface area contributed by atoms with Crippen LogP contribution >= 0.6 is 15.9 Å². The molecule has 0 aromatic rings. The van der Waals surface area contributed by atoms with Crippen molar-refractivity contribution in [3.8, 4) is 0 Å². The molecule has 1 N–H and O–H groups in total. The van der Waals surface area contributed by atoms with Crippen molar-refractivity contribution in [2.75, 3.05) is 6.54 Å². The summed E-state index contributed by atoms with van der Waals surface area (Å²) in [6, 6.07) is 0. The predicted octanol–water partition coefficient (Wildman–Crippen LogP) is 3.49. The fourth-order valence-corrected chi connectivity index (χ4v) is 4.90. The molecule has 1 amide bonds. The summed E-state index contributed by atoms with van der Waals surface area (Å²) >= 11 is 3.77. The first-order valence-corrected chi connectivity index (χ1v) is 8.60.